The first kappa shape index (κ1) is 16.6. The largest absolute Gasteiger partial charge is 0.470 e. The van der Waals surface area contributed by atoms with Gasteiger partial charge in [0.2, 0.25) is 11.7 Å². The number of aryl methyl sites for hydroxylation is 1. The highest BCUT2D eigenvalue weighted by Gasteiger charge is 2.39. The summed E-state index contributed by atoms with van der Waals surface area (Å²) in [4.78, 5) is 4.37. The summed E-state index contributed by atoms with van der Waals surface area (Å²) in [5, 5.41) is 17.8. The monoisotopic (exact) mass is 388 g/mol. The van der Waals surface area contributed by atoms with Crippen LogP contribution in [-0.2, 0) is 6.61 Å². The smallest absolute Gasteiger partial charge is 0.236 e. The van der Waals surface area contributed by atoms with Crippen LogP contribution in [0.1, 0.15) is 60.1 Å². The van der Waals surface area contributed by atoms with Gasteiger partial charge < -0.3 is 9.26 Å². The summed E-state index contributed by atoms with van der Waals surface area (Å²) in [6.45, 7) is 2.24. The molecular weight excluding hydrogens is 368 g/mol. The fourth-order valence-electron chi connectivity index (χ4n) is 4.75. The lowest BCUT2D eigenvalue weighted by Gasteiger charge is -2.38. The van der Waals surface area contributed by atoms with Crippen LogP contribution >= 0.6 is 0 Å². The second-order valence-electron chi connectivity index (χ2n) is 7.87. The summed E-state index contributed by atoms with van der Waals surface area (Å²) in [6.07, 6.45) is 6.50. The van der Waals surface area contributed by atoms with E-state index in [1.807, 2.05) is 31.2 Å². The molecule has 8 nitrogen and oxygen atoms in total. The molecule has 0 radical (unpaired) electrons. The van der Waals surface area contributed by atoms with Crippen LogP contribution in [0.2, 0.25) is 0 Å². The zero-order valence-electron chi connectivity index (χ0n) is 16.1. The molecular formula is C21H20N6O2. The van der Waals surface area contributed by atoms with Gasteiger partial charge >= 0.3 is 0 Å². The molecule has 1 saturated carbocycles. The summed E-state index contributed by atoms with van der Waals surface area (Å²) < 4.78 is 13.2. The number of fused-ring (bicyclic) bond motifs is 3. The van der Waals surface area contributed by atoms with Crippen molar-refractivity contribution in [3.8, 4) is 17.4 Å². The van der Waals surface area contributed by atoms with Crippen molar-refractivity contribution < 1.29 is 9.26 Å². The van der Waals surface area contributed by atoms with Crippen molar-refractivity contribution in [1.82, 2.24) is 30.0 Å². The Morgan fingerprint density at radius 3 is 2.66 bits per heavy atom. The van der Waals surface area contributed by atoms with Crippen LogP contribution in [0.25, 0.3) is 17.2 Å². The number of rotatable bonds is 4. The summed E-state index contributed by atoms with van der Waals surface area (Å²) in [7, 11) is 0. The van der Waals surface area contributed by atoms with Crippen molar-refractivity contribution in [1.29, 1.82) is 0 Å². The van der Waals surface area contributed by atoms with Gasteiger partial charge in [-0.05, 0) is 56.6 Å². The molecule has 7 rings (SSSR count). The number of hydrogen-bond acceptors (Lipinski definition) is 7. The normalized spacial score (nSPS) is 20.2. The van der Waals surface area contributed by atoms with E-state index in [1.54, 1.807) is 10.7 Å². The number of hydrogen-bond donors (Lipinski definition) is 0. The van der Waals surface area contributed by atoms with Gasteiger partial charge in [0, 0.05) is 23.4 Å². The van der Waals surface area contributed by atoms with Gasteiger partial charge in [0.15, 0.2) is 11.3 Å². The molecule has 2 bridgehead atoms. The van der Waals surface area contributed by atoms with Crippen molar-refractivity contribution in [2.45, 2.75) is 51.0 Å². The summed E-state index contributed by atoms with van der Waals surface area (Å²) in [5.41, 5.74) is 4.78. The van der Waals surface area contributed by atoms with Crippen LogP contribution in [-0.4, -0.2) is 30.0 Å². The molecule has 0 spiro atoms. The van der Waals surface area contributed by atoms with E-state index < -0.39 is 0 Å². The molecule has 0 atom stereocenters. The standard InChI is InChI=1S/C21H20N6O2/c1-12-10-16(26-29-12)19-23-24-20-17-13-5-7-14(8-6-13)18(17)21(25-27(19)20)28-11-15-4-2-3-9-22-15/h2-4,9-10,13-14H,5-8,11H2,1H3. The Bertz CT molecular complexity index is 1190. The highest BCUT2D eigenvalue weighted by molar-refractivity contribution is 5.63. The number of nitrogens with zero attached hydrogens (tertiary/aromatic N) is 6. The predicted octanol–water partition coefficient (Wildman–Crippen LogP) is 3.82. The van der Waals surface area contributed by atoms with Crippen LogP contribution in [0.15, 0.2) is 35.0 Å². The van der Waals surface area contributed by atoms with E-state index in [9.17, 15) is 0 Å². The fraction of sp³-hybridized carbons (Fsp3) is 0.381. The SMILES string of the molecule is Cc1cc(-c2nnc3c4c(c(OCc5ccccn5)nn23)C2CCC4CC2)no1. The van der Waals surface area contributed by atoms with Crippen LogP contribution < -0.4 is 4.74 Å². The van der Waals surface area contributed by atoms with Gasteiger partial charge in [0.25, 0.3) is 0 Å². The Morgan fingerprint density at radius 1 is 1.10 bits per heavy atom. The zero-order chi connectivity index (χ0) is 19.4. The number of ether oxygens (including phenoxy) is 1. The van der Waals surface area contributed by atoms with Crippen LogP contribution in [0, 0.1) is 6.92 Å². The van der Waals surface area contributed by atoms with E-state index in [0.717, 1.165) is 17.1 Å². The highest BCUT2D eigenvalue weighted by atomic mass is 16.5. The molecule has 0 amide bonds. The highest BCUT2D eigenvalue weighted by Crippen LogP contribution is 2.53. The molecule has 8 heteroatoms. The molecule has 3 aliphatic carbocycles. The van der Waals surface area contributed by atoms with Crippen molar-refractivity contribution in [2.24, 2.45) is 0 Å². The molecule has 1 fully saturated rings. The molecule has 0 aromatic carbocycles. The van der Waals surface area contributed by atoms with Gasteiger partial charge in [0.05, 0.1) is 5.69 Å². The summed E-state index contributed by atoms with van der Waals surface area (Å²) in [5.74, 6) is 2.91. The van der Waals surface area contributed by atoms with E-state index in [1.165, 1.54) is 36.8 Å². The molecule has 4 aromatic rings. The Labute approximate surface area is 166 Å². The minimum absolute atomic E-state index is 0.379. The van der Waals surface area contributed by atoms with Gasteiger partial charge in [-0.1, -0.05) is 11.2 Å². The minimum Gasteiger partial charge on any atom is -0.470 e. The fourth-order valence-corrected chi connectivity index (χ4v) is 4.75. The lowest BCUT2D eigenvalue weighted by Crippen LogP contribution is -2.25. The third-order valence-electron chi connectivity index (χ3n) is 6.08. The van der Waals surface area contributed by atoms with E-state index in [2.05, 4.69) is 20.3 Å². The average Bonchev–Trinajstić information content (AvgIpc) is 3.39. The van der Waals surface area contributed by atoms with Crippen molar-refractivity contribution in [3.05, 3.63) is 53.0 Å². The Balaban J connectivity index is 1.51. The molecule has 3 aliphatic rings. The molecule has 0 N–H and O–H groups in total. The first-order valence-electron chi connectivity index (χ1n) is 10.0. The molecule has 0 unspecified atom stereocenters. The third kappa shape index (κ3) is 2.62. The molecule has 0 aliphatic heterocycles. The van der Waals surface area contributed by atoms with Crippen molar-refractivity contribution >= 4 is 5.65 Å². The van der Waals surface area contributed by atoms with Crippen molar-refractivity contribution in [3.63, 3.8) is 0 Å². The minimum atomic E-state index is 0.379. The van der Waals surface area contributed by atoms with Crippen LogP contribution in [0.4, 0.5) is 0 Å². The van der Waals surface area contributed by atoms with Gasteiger partial charge in [0.1, 0.15) is 12.4 Å². The first-order chi connectivity index (χ1) is 14.3. The molecule has 4 heterocycles. The topological polar surface area (TPSA) is 91.2 Å². The van der Waals surface area contributed by atoms with E-state index in [4.69, 9.17) is 14.4 Å². The maximum Gasteiger partial charge on any atom is 0.236 e. The van der Waals surface area contributed by atoms with Crippen LogP contribution in [0.3, 0.4) is 0 Å². The Kier molecular flexibility index (Phi) is 3.65. The van der Waals surface area contributed by atoms with Gasteiger partial charge in [-0.3, -0.25) is 4.98 Å². The first-order valence-corrected chi connectivity index (χ1v) is 10.0. The molecule has 0 saturated heterocycles. The predicted molar refractivity (Wildman–Crippen MR) is 104 cm³/mol. The maximum absolute atomic E-state index is 6.22. The second-order valence-corrected chi connectivity index (χ2v) is 7.87. The van der Waals surface area contributed by atoms with E-state index in [0.29, 0.717) is 35.8 Å². The quantitative estimate of drug-likeness (QED) is 0.525. The van der Waals surface area contributed by atoms with Crippen molar-refractivity contribution in [2.75, 3.05) is 0 Å². The van der Waals surface area contributed by atoms with E-state index in [-0.39, 0.29) is 0 Å². The lowest BCUT2D eigenvalue weighted by atomic mass is 9.67. The summed E-state index contributed by atoms with van der Waals surface area (Å²) in [6, 6.07) is 7.67. The zero-order valence-corrected chi connectivity index (χ0v) is 16.1. The summed E-state index contributed by atoms with van der Waals surface area (Å²) >= 11 is 0. The van der Waals surface area contributed by atoms with Gasteiger partial charge in [-0.25, -0.2) is 0 Å². The number of pyridine rings is 1. The average molecular weight is 388 g/mol. The van der Waals surface area contributed by atoms with Crippen LogP contribution in [0.5, 0.6) is 5.88 Å². The number of aromatic nitrogens is 6. The molecule has 29 heavy (non-hydrogen) atoms. The maximum atomic E-state index is 6.22. The third-order valence-corrected chi connectivity index (χ3v) is 6.08. The van der Waals surface area contributed by atoms with Gasteiger partial charge in [-0.15, -0.1) is 15.3 Å². The molecule has 146 valence electrons. The lowest BCUT2D eigenvalue weighted by molar-refractivity contribution is 0.265. The Hall–Kier alpha value is -3.29. The Morgan fingerprint density at radius 2 is 1.93 bits per heavy atom. The van der Waals surface area contributed by atoms with Gasteiger partial charge in [-0.2, -0.15) is 4.52 Å². The second kappa shape index (κ2) is 6.37. The molecule has 4 aromatic heterocycles. The van der Waals surface area contributed by atoms with E-state index >= 15 is 0 Å².